The molecule has 3 rings (SSSR count). The Hall–Kier alpha value is -0.640. The molecule has 2 fully saturated rings. The molecule has 4 heteroatoms. The molecule has 2 nitrogen and oxygen atoms in total. The van der Waals surface area contributed by atoms with Gasteiger partial charge in [-0.2, -0.15) is 0 Å². The minimum absolute atomic E-state index is 0.0253. The monoisotopic (exact) mass is 310 g/mol. The summed E-state index contributed by atoms with van der Waals surface area (Å²) in [6.45, 7) is 0.746. The zero-order valence-electron chi connectivity index (χ0n) is 12.3. The molecule has 0 bridgehead atoms. The van der Waals surface area contributed by atoms with Crippen LogP contribution >= 0.6 is 11.6 Å². The van der Waals surface area contributed by atoms with Crippen molar-refractivity contribution in [1.82, 2.24) is 5.32 Å². The molecule has 1 heterocycles. The quantitative estimate of drug-likeness (QED) is 0.890. The van der Waals surface area contributed by atoms with Crippen LogP contribution in [0.5, 0.6) is 0 Å². The molecule has 116 valence electrons. The van der Waals surface area contributed by atoms with Gasteiger partial charge in [0.05, 0.1) is 5.02 Å². The van der Waals surface area contributed by atoms with Crippen molar-refractivity contribution in [2.75, 3.05) is 6.54 Å². The lowest BCUT2D eigenvalue weighted by atomic mass is 9.82. The van der Waals surface area contributed by atoms with Crippen molar-refractivity contribution >= 4 is 11.6 Å². The van der Waals surface area contributed by atoms with Gasteiger partial charge in [-0.05, 0) is 24.0 Å². The third-order valence-corrected chi connectivity index (χ3v) is 5.51. The predicted molar refractivity (Wildman–Crippen MR) is 85.1 cm³/mol. The molecule has 2 aliphatic rings. The SMILES string of the molecule is NC1C(CC2CCCCC2)NCC1c1cccc(Cl)c1F. The van der Waals surface area contributed by atoms with Crippen LogP contribution in [0.25, 0.3) is 0 Å². The van der Waals surface area contributed by atoms with Gasteiger partial charge in [0.15, 0.2) is 0 Å². The van der Waals surface area contributed by atoms with Crippen LogP contribution in [0.2, 0.25) is 5.02 Å². The van der Waals surface area contributed by atoms with Crippen LogP contribution in [-0.4, -0.2) is 18.6 Å². The molecule has 1 saturated heterocycles. The number of nitrogens with two attached hydrogens (primary N) is 1. The van der Waals surface area contributed by atoms with Gasteiger partial charge in [-0.1, -0.05) is 55.8 Å². The van der Waals surface area contributed by atoms with Crippen molar-refractivity contribution in [1.29, 1.82) is 0 Å². The highest BCUT2D eigenvalue weighted by atomic mass is 35.5. The Morgan fingerprint density at radius 3 is 2.76 bits per heavy atom. The standard InChI is InChI=1S/C17H24ClFN2/c18-14-8-4-7-12(16(14)19)13-10-21-15(17(13)20)9-11-5-2-1-3-6-11/h4,7-8,11,13,15,17,21H,1-3,5-6,9-10,20H2. The first-order valence-electron chi connectivity index (χ1n) is 8.09. The number of hydrogen-bond donors (Lipinski definition) is 2. The van der Waals surface area contributed by atoms with Crippen LogP contribution in [-0.2, 0) is 0 Å². The van der Waals surface area contributed by atoms with Crippen LogP contribution in [0.4, 0.5) is 4.39 Å². The van der Waals surface area contributed by atoms with Gasteiger partial charge in [0.1, 0.15) is 5.82 Å². The first-order valence-corrected chi connectivity index (χ1v) is 8.47. The van der Waals surface area contributed by atoms with Gasteiger partial charge in [-0.15, -0.1) is 0 Å². The summed E-state index contributed by atoms with van der Waals surface area (Å²) < 4.78 is 14.2. The van der Waals surface area contributed by atoms with E-state index in [1.54, 1.807) is 6.07 Å². The van der Waals surface area contributed by atoms with Gasteiger partial charge < -0.3 is 11.1 Å². The van der Waals surface area contributed by atoms with E-state index >= 15 is 0 Å². The third-order valence-electron chi connectivity index (χ3n) is 5.22. The Morgan fingerprint density at radius 2 is 2.00 bits per heavy atom. The van der Waals surface area contributed by atoms with E-state index in [9.17, 15) is 4.39 Å². The van der Waals surface area contributed by atoms with E-state index in [4.69, 9.17) is 17.3 Å². The molecule has 0 spiro atoms. The fourth-order valence-corrected chi connectivity index (χ4v) is 4.16. The molecule has 3 unspecified atom stereocenters. The average molecular weight is 311 g/mol. The van der Waals surface area contributed by atoms with E-state index in [1.807, 2.05) is 12.1 Å². The Balaban J connectivity index is 1.68. The predicted octanol–water partition coefficient (Wildman–Crippen LogP) is 3.83. The lowest BCUT2D eigenvalue weighted by Gasteiger charge is -2.27. The zero-order chi connectivity index (χ0) is 14.8. The second-order valence-electron chi connectivity index (χ2n) is 6.58. The average Bonchev–Trinajstić information content (AvgIpc) is 2.84. The van der Waals surface area contributed by atoms with Crippen LogP contribution in [0.15, 0.2) is 18.2 Å². The Labute approximate surface area is 131 Å². The number of rotatable bonds is 3. The van der Waals surface area contributed by atoms with E-state index in [0.717, 1.165) is 18.9 Å². The van der Waals surface area contributed by atoms with Gasteiger partial charge >= 0.3 is 0 Å². The summed E-state index contributed by atoms with van der Waals surface area (Å²) in [6, 6.07) is 5.49. The van der Waals surface area contributed by atoms with Crippen molar-refractivity contribution < 1.29 is 4.39 Å². The second kappa shape index (κ2) is 6.64. The molecule has 21 heavy (non-hydrogen) atoms. The Bertz CT molecular complexity index is 488. The van der Waals surface area contributed by atoms with Crippen LogP contribution in [0.1, 0.15) is 50.0 Å². The minimum Gasteiger partial charge on any atom is -0.326 e. The molecular weight excluding hydrogens is 287 g/mol. The van der Waals surface area contributed by atoms with E-state index in [0.29, 0.717) is 11.6 Å². The van der Waals surface area contributed by atoms with Gasteiger partial charge in [-0.25, -0.2) is 4.39 Å². The van der Waals surface area contributed by atoms with Crippen molar-refractivity contribution in [2.24, 2.45) is 11.7 Å². The normalized spacial score (nSPS) is 30.7. The van der Waals surface area contributed by atoms with E-state index < -0.39 is 0 Å². The van der Waals surface area contributed by atoms with Crippen molar-refractivity contribution in [2.45, 2.75) is 56.5 Å². The molecular formula is C17H24ClFN2. The fraction of sp³-hybridized carbons (Fsp3) is 0.647. The maximum atomic E-state index is 14.2. The first-order chi connectivity index (χ1) is 10.2. The molecule has 1 aromatic carbocycles. The van der Waals surface area contributed by atoms with Gasteiger partial charge in [0, 0.05) is 24.5 Å². The molecule has 1 saturated carbocycles. The summed E-state index contributed by atoms with van der Waals surface area (Å²) in [5.74, 6) is 0.502. The molecule has 1 aliphatic heterocycles. The van der Waals surface area contributed by atoms with Gasteiger partial charge in [0.2, 0.25) is 0 Å². The van der Waals surface area contributed by atoms with E-state index in [1.165, 1.54) is 32.1 Å². The van der Waals surface area contributed by atoms with E-state index in [-0.39, 0.29) is 22.8 Å². The fourth-order valence-electron chi connectivity index (χ4n) is 3.98. The molecule has 1 aliphatic carbocycles. The van der Waals surface area contributed by atoms with Crippen molar-refractivity contribution in [3.05, 3.63) is 34.6 Å². The van der Waals surface area contributed by atoms with Crippen molar-refractivity contribution in [3.63, 3.8) is 0 Å². The highest BCUT2D eigenvalue weighted by Gasteiger charge is 2.36. The first kappa shape index (κ1) is 15.3. The summed E-state index contributed by atoms with van der Waals surface area (Å²) >= 11 is 5.90. The maximum absolute atomic E-state index is 14.2. The van der Waals surface area contributed by atoms with Crippen molar-refractivity contribution in [3.8, 4) is 0 Å². The maximum Gasteiger partial charge on any atom is 0.145 e. The van der Waals surface area contributed by atoms with E-state index in [2.05, 4.69) is 5.32 Å². The lowest BCUT2D eigenvalue weighted by Crippen LogP contribution is -2.40. The number of hydrogen-bond acceptors (Lipinski definition) is 2. The smallest absolute Gasteiger partial charge is 0.145 e. The number of benzene rings is 1. The largest absolute Gasteiger partial charge is 0.326 e. The van der Waals surface area contributed by atoms with Gasteiger partial charge in [-0.3, -0.25) is 0 Å². The lowest BCUT2D eigenvalue weighted by molar-refractivity contribution is 0.299. The topological polar surface area (TPSA) is 38.0 Å². The van der Waals surface area contributed by atoms with Crippen LogP contribution in [0, 0.1) is 11.7 Å². The molecule has 0 amide bonds. The minimum atomic E-state index is -0.306. The molecule has 3 N–H and O–H groups in total. The highest BCUT2D eigenvalue weighted by molar-refractivity contribution is 6.30. The number of nitrogens with one attached hydrogen (secondary N) is 1. The van der Waals surface area contributed by atoms with Crippen LogP contribution in [0.3, 0.4) is 0 Å². The highest BCUT2D eigenvalue weighted by Crippen LogP contribution is 2.34. The Morgan fingerprint density at radius 1 is 1.24 bits per heavy atom. The summed E-state index contributed by atoms with van der Waals surface area (Å²) in [5.41, 5.74) is 7.08. The zero-order valence-corrected chi connectivity index (χ0v) is 13.1. The number of halogens is 2. The third kappa shape index (κ3) is 3.25. The van der Waals surface area contributed by atoms with Crippen LogP contribution < -0.4 is 11.1 Å². The summed E-state index contributed by atoms with van der Waals surface area (Å²) in [4.78, 5) is 0. The second-order valence-corrected chi connectivity index (χ2v) is 6.99. The molecule has 0 aromatic heterocycles. The van der Waals surface area contributed by atoms with Gasteiger partial charge in [0.25, 0.3) is 0 Å². The Kier molecular flexibility index (Phi) is 4.82. The summed E-state index contributed by atoms with van der Waals surface area (Å²) in [5, 5.41) is 3.70. The molecule has 0 radical (unpaired) electrons. The summed E-state index contributed by atoms with van der Waals surface area (Å²) in [6.07, 6.45) is 7.83. The molecule has 3 atom stereocenters. The summed E-state index contributed by atoms with van der Waals surface area (Å²) in [7, 11) is 0. The molecule has 1 aromatic rings.